The number of aryl methyl sites for hydroxylation is 3. The summed E-state index contributed by atoms with van der Waals surface area (Å²) in [6, 6.07) is 7.29. The van der Waals surface area contributed by atoms with Crippen molar-refractivity contribution in [3.8, 4) is 0 Å². The zero-order chi connectivity index (χ0) is 19.7. The second kappa shape index (κ2) is 7.66. The van der Waals surface area contributed by atoms with Crippen LogP contribution in [0.1, 0.15) is 40.9 Å². The Kier molecular flexibility index (Phi) is 5.48. The molecule has 0 radical (unpaired) electrons. The number of aromatic nitrogens is 1. The zero-order valence-corrected chi connectivity index (χ0v) is 17.5. The summed E-state index contributed by atoms with van der Waals surface area (Å²) in [5.74, 6) is -0.184. The zero-order valence-electron chi connectivity index (χ0n) is 15.9. The Morgan fingerprint density at radius 3 is 2.56 bits per heavy atom. The molecule has 1 aromatic heterocycles. The molecule has 0 bridgehead atoms. The number of hydrogen-bond donors (Lipinski definition) is 2. The topological polar surface area (TPSA) is 66.4 Å². The van der Waals surface area contributed by atoms with Crippen LogP contribution in [0.5, 0.6) is 0 Å². The maximum absolute atomic E-state index is 12.7. The molecule has 140 valence electrons. The van der Waals surface area contributed by atoms with Crippen LogP contribution in [0, 0.1) is 20.8 Å². The Morgan fingerprint density at radius 1 is 1.15 bits per heavy atom. The van der Waals surface area contributed by atoms with E-state index in [-0.39, 0.29) is 5.91 Å². The number of carbonyl (C=O) groups excluding carboxylic acids is 1. The molecule has 5 nitrogen and oxygen atoms in total. The molecule has 0 atom stereocenters. The molecule has 0 aliphatic carbocycles. The standard InChI is InChI=1S/C20H21ClN4OS/c1-10(2)24-25-20-22-16-8-12(4)17(13(5)18(16)27-20)23-19(26)14-7-6-11(3)15(21)9-14/h6-9H,1-5H3,(H,22,25)(H,23,26). The number of nitrogens with one attached hydrogen (secondary N) is 2. The molecule has 0 fully saturated rings. The highest BCUT2D eigenvalue weighted by Gasteiger charge is 2.16. The van der Waals surface area contributed by atoms with Crippen LogP contribution in [-0.2, 0) is 0 Å². The van der Waals surface area contributed by atoms with Crippen molar-refractivity contribution >= 4 is 55.6 Å². The molecule has 0 spiro atoms. The molecule has 0 saturated heterocycles. The quantitative estimate of drug-likeness (QED) is 0.421. The first kappa shape index (κ1) is 19.3. The van der Waals surface area contributed by atoms with Crippen molar-refractivity contribution in [3.05, 3.63) is 51.5 Å². The fourth-order valence-corrected chi connectivity index (χ4v) is 3.78. The number of thiazole rings is 1. The number of amides is 1. The van der Waals surface area contributed by atoms with E-state index in [1.807, 2.05) is 46.8 Å². The number of hydrazone groups is 1. The Balaban J connectivity index is 1.95. The number of anilines is 2. The fourth-order valence-electron chi connectivity index (χ4n) is 2.70. The number of halogens is 1. The second-order valence-electron chi connectivity index (χ2n) is 6.65. The molecule has 27 heavy (non-hydrogen) atoms. The Hall–Kier alpha value is -2.44. The molecular weight excluding hydrogens is 380 g/mol. The third-order valence-electron chi connectivity index (χ3n) is 4.16. The molecule has 0 aliphatic heterocycles. The van der Waals surface area contributed by atoms with Crippen LogP contribution < -0.4 is 10.7 Å². The number of hydrogen-bond acceptors (Lipinski definition) is 5. The number of nitrogens with zero attached hydrogens (tertiary/aromatic N) is 2. The molecule has 0 unspecified atom stereocenters. The first-order valence-electron chi connectivity index (χ1n) is 8.51. The largest absolute Gasteiger partial charge is 0.321 e. The van der Waals surface area contributed by atoms with Gasteiger partial charge in [0.05, 0.1) is 10.2 Å². The molecule has 3 aromatic rings. The van der Waals surface area contributed by atoms with Crippen LogP contribution in [-0.4, -0.2) is 16.6 Å². The van der Waals surface area contributed by atoms with E-state index >= 15 is 0 Å². The smallest absolute Gasteiger partial charge is 0.255 e. The summed E-state index contributed by atoms with van der Waals surface area (Å²) in [5.41, 5.74) is 9.00. The van der Waals surface area contributed by atoms with Crippen molar-refractivity contribution in [2.45, 2.75) is 34.6 Å². The summed E-state index contributed by atoms with van der Waals surface area (Å²) in [7, 11) is 0. The van der Waals surface area contributed by atoms with Gasteiger partial charge in [-0.1, -0.05) is 29.0 Å². The normalized spacial score (nSPS) is 10.7. The minimum atomic E-state index is -0.184. The average Bonchev–Trinajstić information content (AvgIpc) is 3.02. The lowest BCUT2D eigenvalue weighted by Gasteiger charge is -2.13. The van der Waals surface area contributed by atoms with Gasteiger partial charge in [-0.15, -0.1) is 0 Å². The monoisotopic (exact) mass is 400 g/mol. The Bertz CT molecular complexity index is 1070. The van der Waals surface area contributed by atoms with E-state index < -0.39 is 0 Å². The van der Waals surface area contributed by atoms with Crippen LogP contribution in [0.15, 0.2) is 29.4 Å². The van der Waals surface area contributed by atoms with Gasteiger partial charge in [0.15, 0.2) is 0 Å². The molecule has 0 aliphatic rings. The predicted molar refractivity (Wildman–Crippen MR) is 116 cm³/mol. The minimum absolute atomic E-state index is 0.184. The highest BCUT2D eigenvalue weighted by atomic mass is 35.5. The number of carbonyl (C=O) groups is 1. The molecule has 1 heterocycles. The summed E-state index contributed by atoms with van der Waals surface area (Å²) in [6.07, 6.45) is 0. The van der Waals surface area contributed by atoms with Crippen LogP contribution in [0.4, 0.5) is 10.8 Å². The third-order valence-corrected chi connectivity index (χ3v) is 5.67. The maximum atomic E-state index is 12.7. The van der Waals surface area contributed by atoms with E-state index in [0.717, 1.165) is 43.4 Å². The molecule has 3 rings (SSSR count). The van der Waals surface area contributed by atoms with Crippen LogP contribution in [0.25, 0.3) is 10.2 Å². The molecule has 1 amide bonds. The van der Waals surface area contributed by atoms with Gasteiger partial charge >= 0.3 is 0 Å². The summed E-state index contributed by atoms with van der Waals surface area (Å²) in [4.78, 5) is 17.3. The predicted octanol–water partition coefficient (Wildman–Crippen LogP) is 5.93. The van der Waals surface area contributed by atoms with Crippen LogP contribution in [0.2, 0.25) is 5.02 Å². The van der Waals surface area contributed by atoms with Crippen molar-refractivity contribution in [2.24, 2.45) is 5.10 Å². The van der Waals surface area contributed by atoms with Gasteiger partial charge in [-0.05, 0) is 69.5 Å². The summed E-state index contributed by atoms with van der Waals surface area (Å²) >= 11 is 7.67. The van der Waals surface area contributed by atoms with Gasteiger partial charge in [0.2, 0.25) is 5.13 Å². The average molecular weight is 401 g/mol. The fraction of sp³-hybridized carbons (Fsp3) is 0.250. The minimum Gasteiger partial charge on any atom is -0.321 e. The van der Waals surface area contributed by atoms with Gasteiger partial charge in [-0.3, -0.25) is 10.2 Å². The summed E-state index contributed by atoms with van der Waals surface area (Å²) < 4.78 is 1.02. The van der Waals surface area contributed by atoms with E-state index in [1.165, 1.54) is 11.3 Å². The van der Waals surface area contributed by atoms with E-state index in [0.29, 0.717) is 10.6 Å². The van der Waals surface area contributed by atoms with Crippen LogP contribution >= 0.6 is 22.9 Å². The lowest BCUT2D eigenvalue weighted by Crippen LogP contribution is -2.14. The van der Waals surface area contributed by atoms with Crippen molar-refractivity contribution in [3.63, 3.8) is 0 Å². The molecule has 7 heteroatoms. The molecule has 2 N–H and O–H groups in total. The third kappa shape index (κ3) is 4.12. The van der Waals surface area contributed by atoms with Gasteiger partial charge in [-0.25, -0.2) is 4.98 Å². The van der Waals surface area contributed by atoms with E-state index in [1.54, 1.807) is 12.1 Å². The Labute approximate surface area is 167 Å². The molecular formula is C20H21ClN4OS. The lowest BCUT2D eigenvalue weighted by atomic mass is 10.1. The number of fused-ring (bicyclic) bond motifs is 1. The first-order valence-corrected chi connectivity index (χ1v) is 9.71. The van der Waals surface area contributed by atoms with Gasteiger partial charge in [0.1, 0.15) is 0 Å². The van der Waals surface area contributed by atoms with Gasteiger partial charge in [0, 0.05) is 22.0 Å². The second-order valence-corrected chi connectivity index (χ2v) is 8.06. The Morgan fingerprint density at radius 2 is 1.89 bits per heavy atom. The maximum Gasteiger partial charge on any atom is 0.255 e. The first-order chi connectivity index (χ1) is 12.8. The highest BCUT2D eigenvalue weighted by Crippen LogP contribution is 2.35. The van der Waals surface area contributed by atoms with Crippen LogP contribution in [0.3, 0.4) is 0 Å². The van der Waals surface area contributed by atoms with Crippen molar-refractivity contribution in [1.82, 2.24) is 4.98 Å². The molecule has 0 saturated carbocycles. The number of rotatable bonds is 4. The lowest BCUT2D eigenvalue weighted by molar-refractivity contribution is 0.102. The summed E-state index contributed by atoms with van der Waals surface area (Å²) in [6.45, 7) is 9.70. The van der Waals surface area contributed by atoms with Gasteiger partial charge in [0.25, 0.3) is 5.91 Å². The van der Waals surface area contributed by atoms with E-state index in [9.17, 15) is 4.79 Å². The molecule has 2 aromatic carbocycles. The van der Waals surface area contributed by atoms with Gasteiger partial charge < -0.3 is 5.32 Å². The highest BCUT2D eigenvalue weighted by molar-refractivity contribution is 7.22. The van der Waals surface area contributed by atoms with E-state index in [2.05, 4.69) is 20.8 Å². The van der Waals surface area contributed by atoms with Crippen molar-refractivity contribution in [1.29, 1.82) is 0 Å². The van der Waals surface area contributed by atoms with Crippen molar-refractivity contribution < 1.29 is 4.79 Å². The van der Waals surface area contributed by atoms with Crippen molar-refractivity contribution in [2.75, 3.05) is 10.7 Å². The van der Waals surface area contributed by atoms with E-state index in [4.69, 9.17) is 11.6 Å². The number of benzene rings is 2. The SMILES string of the molecule is CC(C)=NNc1nc2cc(C)c(NC(=O)c3ccc(C)c(Cl)c3)c(C)c2s1. The summed E-state index contributed by atoms with van der Waals surface area (Å²) in [5, 5.41) is 8.53. The van der Waals surface area contributed by atoms with Gasteiger partial charge in [-0.2, -0.15) is 5.10 Å².